The van der Waals surface area contributed by atoms with E-state index in [0.717, 1.165) is 68.1 Å². The first-order chi connectivity index (χ1) is 28.3. The lowest BCUT2D eigenvalue weighted by molar-refractivity contribution is -0.255. The molecule has 1 saturated carbocycles. The van der Waals surface area contributed by atoms with Crippen molar-refractivity contribution < 1.29 is 38.9 Å². The van der Waals surface area contributed by atoms with Gasteiger partial charge in [0.2, 0.25) is 11.7 Å². The van der Waals surface area contributed by atoms with Crippen LogP contribution in [0.4, 0.5) is 0 Å². The number of hydrogen-bond donors (Lipinski definition) is 2. The molecule has 0 aromatic heterocycles. The Labute approximate surface area is 346 Å². The number of fused-ring (bicyclic) bond motifs is 2. The maximum absolute atomic E-state index is 14.2. The van der Waals surface area contributed by atoms with E-state index in [9.17, 15) is 19.8 Å². The van der Waals surface area contributed by atoms with Crippen LogP contribution in [0, 0.1) is 17.8 Å². The minimum Gasteiger partial charge on any atom is -0.459 e. The molecule has 6 atom stereocenters. The number of carbonyl (C=O) groups is 2. The number of benzene rings is 2. The van der Waals surface area contributed by atoms with E-state index in [1.54, 1.807) is 31.4 Å². The Balaban J connectivity index is 1.57. The van der Waals surface area contributed by atoms with Crippen molar-refractivity contribution in [3.63, 3.8) is 0 Å². The summed E-state index contributed by atoms with van der Waals surface area (Å²) in [6.07, 6.45) is 21.0. The van der Waals surface area contributed by atoms with Gasteiger partial charge < -0.3 is 34.2 Å². The predicted molar refractivity (Wildman–Crippen MR) is 228 cm³/mol. The van der Waals surface area contributed by atoms with Crippen molar-refractivity contribution in [2.24, 2.45) is 22.9 Å². The SMILES string of the molecule is C=CCO[C@@]12Oc3ccc(Oc4cccc(C=O)c4)cc3[C@H]3[C@H](CCCCO)[C@@H](CCCCO)C=C(C(=NOC)C[C@@H]1N(C)C(=O)CCCCCCCCCCC)[C@H]32. The number of allylic oxidation sites excluding steroid dienone is 1. The summed E-state index contributed by atoms with van der Waals surface area (Å²) in [5.74, 6) is 0.296. The second-order valence-electron chi connectivity index (χ2n) is 16.3. The molecule has 5 rings (SSSR count). The number of aldehydes is 1. The van der Waals surface area contributed by atoms with E-state index in [1.807, 2.05) is 36.2 Å². The summed E-state index contributed by atoms with van der Waals surface area (Å²) < 4.78 is 20.6. The fraction of sp³-hybridized carbons (Fsp3) is 0.604. The molecule has 1 heterocycles. The number of carbonyl (C=O) groups excluding carboxylic acids is 2. The molecule has 0 spiro atoms. The molecule has 2 aliphatic carbocycles. The third-order valence-corrected chi connectivity index (χ3v) is 12.4. The molecule has 2 aromatic rings. The summed E-state index contributed by atoms with van der Waals surface area (Å²) in [5.41, 5.74) is 3.26. The molecule has 10 nitrogen and oxygen atoms in total. The zero-order valence-electron chi connectivity index (χ0n) is 35.2. The Morgan fingerprint density at radius 2 is 1.66 bits per heavy atom. The van der Waals surface area contributed by atoms with Gasteiger partial charge in [0.1, 0.15) is 36.7 Å². The molecule has 0 bridgehead atoms. The molecule has 2 aromatic carbocycles. The average Bonchev–Trinajstić information content (AvgIpc) is 3.23. The maximum Gasteiger partial charge on any atom is 0.239 e. The van der Waals surface area contributed by atoms with E-state index in [-0.39, 0.29) is 49.4 Å². The van der Waals surface area contributed by atoms with Crippen LogP contribution in [0.25, 0.3) is 0 Å². The predicted octanol–water partition coefficient (Wildman–Crippen LogP) is 9.93. The third kappa shape index (κ3) is 11.0. The molecular weight excluding hydrogens is 733 g/mol. The van der Waals surface area contributed by atoms with Crippen LogP contribution in [-0.2, 0) is 14.4 Å². The van der Waals surface area contributed by atoms with Crippen LogP contribution < -0.4 is 9.47 Å². The smallest absolute Gasteiger partial charge is 0.239 e. The van der Waals surface area contributed by atoms with Crippen molar-refractivity contribution in [2.75, 3.05) is 34.0 Å². The van der Waals surface area contributed by atoms with E-state index in [0.29, 0.717) is 48.5 Å². The molecule has 1 aliphatic heterocycles. The first-order valence-electron chi connectivity index (χ1n) is 22.0. The Morgan fingerprint density at radius 1 is 0.948 bits per heavy atom. The number of oxime groups is 1. The van der Waals surface area contributed by atoms with Crippen LogP contribution >= 0.6 is 0 Å². The molecule has 10 heteroatoms. The minimum atomic E-state index is -1.28. The van der Waals surface area contributed by atoms with Gasteiger partial charge in [-0.2, -0.15) is 0 Å². The van der Waals surface area contributed by atoms with E-state index in [1.165, 1.54) is 38.5 Å². The number of likely N-dealkylation sites (N-methyl/N-ethyl adjacent to an activating group) is 1. The van der Waals surface area contributed by atoms with Gasteiger partial charge >= 0.3 is 0 Å². The summed E-state index contributed by atoms with van der Waals surface area (Å²) in [4.78, 5) is 33.2. The number of aliphatic hydroxyl groups excluding tert-OH is 2. The number of nitrogens with zero attached hydrogens (tertiary/aromatic N) is 2. The molecule has 0 saturated heterocycles. The number of aliphatic hydroxyl groups is 2. The highest BCUT2D eigenvalue weighted by Gasteiger charge is 2.65. The Bertz CT molecular complexity index is 1690. The van der Waals surface area contributed by atoms with Gasteiger partial charge in [0, 0.05) is 50.1 Å². The van der Waals surface area contributed by atoms with E-state index < -0.39 is 11.8 Å². The van der Waals surface area contributed by atoms with Gasteiger partial charge in [0.25, 0.3) is 0 Å². The fourth-order valence-corrected chi connectivity index (χ4v) is 9.63. The van der Waals surface area contributed by atoms with Crippen molar-refractivity contribution in [2.45, 2.75) is 134 Å². The molecule has 0 radical (unpaired) electrons. The Kier molecular flexibility index (Phi) is 17.9. The highest BCUT2D eigenvalue weighted by molar-refractivity contribution is 6.03. The maximum atomic E-state index is 14.2. The standard InChI is InChI=1S/C48H68N2O8/c1-5-7-8-9-10-11-12-13-14-24-45(54)50(3)44-33-42(49-55-4)40-31-36(21-15-17-27-51)39(23-16-18-28-52)46-41-32-38(57-37-22-19-20-35(30-37)34-53)25-26-43(41)58-48(44,47(40)46)56-29-6-2/h6,19-20,22,25-26,30-32,34,36,39,44,46-47,51-52H,2,5,7-18,21,23-24,27-29,33H2,1,3-4H3/t36-,39+,44-,46+,47+,48+/m0/s1. The molecule has 318 valence electrons. The van der Waals surface area contributed by atoms with Crippen LogP contribution in [0.2, 0.25) is 0 Å². The van der Waals surface area contributed by atoms with Crippen LogP contribution in [0.5, 0.6) is 17.2 Å². The number of rotatable bonds is 26. The Morgan fingerprint density at radius 3 is 2.34 bits per heavy atom. The first kappa shape index (κ1) is 45.1. The van der Waals surface area contributed by atoms with Crippen molar-refractivity contribution in [3.8, 4) is 17.2 Å². The summed E-state index contributed by atoms with van der Waals surface area (Å²) in [5, 5.41) is 24.3. The number of amides is 1. The van der Waals surface area contributed by atoms with Gasteiger partial charge in [-0.25, -0.2) is 0 Å². The molecule has 1 amide bonds. The van der Waals surface area contributed by atoms with Gasteiger partial charge in [0.05, 0.1) is 18.2 Å². The second-order valence-corrected chi connectivity index (χ2v) is 16.3. The molecule has 0 unspecified atom stereocenters. The van der Waals surface area contributed by atoms with E-state index in [4.69, 9.17) is 19.0 Å². The number of unbranched alkanes of at least 4 members (excludes halogenated alkanes) is 10. The molecule has 3 aliphatic rings. The monoisotopic (exact) mass is 800 g/mol. The fourth-order valence-electron chi connectivity index (χ4n) is 9.63. The van der Waals surface area contributed by atoms with Crippen LogP contribution in [0.3, 0.4) is 0 Å². The van der Waals surface area contributed by atoms with Crippen LogP contribution in [0.1, 0.15) is 138 Å². The summed E-state index contributed by atoms with van der Waals surface area (Å²) in [6, 6.07) is 12.4. The second kappa shape index (κ2) is 23.0. The lowest BCUT2D eigenvalue weighted by Gasteiger charge is -2.59. The van der Waals surface area contributed by atoms with Crippen molar-refractivity contribution in [1.29, 1.82) is 0 Å². The summed E-state index contributed by atoms with van der Waals surface area (Å²) >= 11 is 0. The van der Waals surface area contributed by atoms with Gasteiger partial charge in [0.15, 0.2) is 0 Å². The number of ether oxygens (including phenoxy) is 3. The van der Waals surface area contributed by atoms with Gasteiger partial charge in [-0.05, 0) is 79.8 Å². The van der Waals surface area contributed by atoms with Crippen LogP contribution in [0.15, 0.2) is 71.9 Å². The highest BCUT2D eigenvalue weighted by atomic mass is 16.7. The quantitative estimate of drug-likeness (QED) is 0.0417. The molecule has 1 fully saturated rings. The zero-order valence-corrected chi connectivity index (χ0v) is 35.2. The molecule has 58 heavy (non-hydrogen) atoms. The summed E-state index contributed by atoms with van der Waals surface area (Å²) in [6.45, 7) is 6.70. The normalized spacial score (nSPS) is 23.9. The topological polar surface area (TPSA) is 127 Å². The molecule has 2 N–H and O–H groups in total. The Hall–Kier alpha value is -3.99. The molecular formula is C48H68N2O8. The van der Waals surface area contributed by atoms with Crippen molar-refractivity contribution in [1.82, 2.24) is 4.90 Å². The number of hydrogen-bond acceptors (Lipinski definition) is 9. The van der Waals surface area contributed by atoms with Crippen molar-refractivity contribution in [3.05, 3.63) is 77.9 Å². The zero-order chi connectivity index (χ0) is 41.3. The lowest BCUT2D eigenvalue weighted by Crippen LogP contribution is -2.69. The first-order valence-corrected chi connectivity index (χ1v) is 22.0. The average molecular weight is 801 g/mol. The van der Waals surface area contributed by atoms with Gasteiger partial charge in [-0.3, -0.25) is 9.59 Å². The third-order valence-electron chi connectivity index (χ3n) is 12.4. The largest absolute Gasteiger partial charge is 0.459 e. The van der Waals surface area contributed by atoms with Gasteiger partial charge in [-0.15, -0.1) is 6.58 Å². The lowest BCUT2D eigenvalue weighted by atomic mass is 9.55. The van der Waals surface area contributed by atoms with E-state index in [2.05, 4.69) is 24.7 Å². The highest BCUT2D eigenvalue weighted by Crippen LogP contribution is 2.62. The van der Waals surface area contributed by atoms with E-state index >= 15 is 0 Å². The van der Waals surface area contributed by atoms with Gasteiger partial charge in [-0.1, -0.05) is 101 Å². The van der Waals surface area contributed by atoms with Crippen LogP contribution in [-0.4, -0.2) is 78.8 Å². The minimum absolute atomic E-state index is 0.0446. The van der Waals surface area contributed by atoms with Crippen molar-refractivity contribution >= 4 is 17.9 Å². The summed E-state index contributed by atoms with van der Waals surface area (Å²) in [7, 11) is 3.43.